The molecule has 2 heterocycles. The number of alkyl halides is 3. The Morgan fingerprint density at radius 1 is 1.03 bits per heavy atom. The van der Waals surface area contributed by atoms with Crippen LogP contribution in [0.25, 0.3) is 0 Å². The van der Waals surface area contributed by atoms with E-state index in [1.54, 1.807) is 19.1 Å². The lowest BCUT2D eigenvalue weighted by atomic mass is 10.1. The first kappa shape index (κ1) is 22.7. The lowest BCUT2D eigenvalue weighted by molar-refractivity contribution is -0.139. The number of carbonyl (C=O) groups excluding carboxylic acids is 1. The number of halogens is 3. The molecule has 1 fully saturated rings. The maximum Gasteiger partial charge on any atom is 0.417 e. The van der Waals surface area contributed by atoms with E-state index in [4.69, 9.17) is 9.47 Å². The van der Waals surface area contributed by atoms with Gasteiger partial charge >= 0.3 is 6.18 Å². The van der Waals surface area contributed by atoms with Crippen molar-refractivity contribution in [2.24, 2.45) is 0 Å². The lowest BCUT2D eigenvalue weighted by Crippen LogP contribution is -2.49. The minimum atomic E-state index is -4.58. The van der Waals surface area contributed by atoms with Crippen LogP contribution in [0.1, 0.15) is 11.1 Å². The number of ether oxygens (including phenoxy) is 2. The predicted octanol–water partition coefficient (Wildman–Crippen LogP) is 2.23. The number of pyridine rings is 1. The molecule has 3 rings (SSSR count). The molecule has 0 radical (unpaired) electrons. The molecule has 168 valence electrons. The van der Waals surface area contributed by atoms with Crippen LogP contribution in [0.5, 0.6) is 11.5 Å². The molecule has 0 spiro atoms. The Kier molecular flexibility index (Phi) is 6.89. The number of hydrogen-bond acceptors (Lipinski definition) is 5. The molecule has 31 heavy (non-hydrogen) atoms. The summed E-state index contributed by atoms with van der Waals surface area (Å²) in [5, 5.41) is 0. The van der Waals surface area contributed by atoms with Gasteiger partial charge in [0.05, 0.1) is 19.8 Å². The van der Waals surface area contributed by atoms with Gasteiger partial charge in [-0.2, -0.15) is 13.2 Å². The number of methoxy groups -OCH3 is 2. The second-order valence-corrected chi connectivity index (χ2v) is 7.22. The molecule has 1 saturated heterocycles. The summed E-state index contributed by atoms with van der Waals surface area (Å²) in [5.41, 5.74) is -0.654. The molecule has 1 aliphatic heterocycles. The SMILES string of the molecule is COc1ccc(OC)c(CN2CCN(C(=O)Cn3cc(C(F)(F)F)ccc3=O)CC2)c1. The number of rotatable bonds is 6. The lowest BCUT2D eigenvalue weighted by Gasteiger charge is -2.35. The zero-order valence-electron chi connectivity index (χ0n) is 17.3. The van der Waals surface area contributed by atoms with E-state index in [1.807, 2.05) is 18.2 Å². The van der Waals surface area contributed by atoms with Crippen molar-refractivity contribution in [2.75, 3.05) is 40.4 Å². The number of hydrogen-bond donors (Lipinski definition) is 0. The fourth-order valence-electron chi connectivity index (χ4n) is 3.47. The van der Waals surface area contributed by atoms with Crippen LogP contribution >= 0.6 is 0 Å². The minimum Gasteiger partial charge on any atom is -0.497 e. The average Bonchev–Trinajstić information content (AvgIpc) is 2.74. The number of piperazine rings is 1. The summed E-state index contributed by atoms with van der Waals surface area (Å²) in [6.45, 7) is 2.19. The first-order chi connectivity index (χ1) is 14.7. The van der Waals surface area contributed by atoms with Gasteiger partial charge in [0.1, 0.15) is 18.0 Å². The Balaban J connectivity index is 1.60. The van der Waals surface area contributed by atoms with Crippen molar-refractivity contribution >= 4 is 5.91 Å². The molecule has 0 aliphatic carbocycles. The number of carbonyl (C=O) groups is 1. The zero-order chi connectivity index (χ0) is 22.6. The van der Waals surface area contributed by atoms with Gasteiger partial charge in [-0.05, 0) is 24.3 Å². The number of benzene rings is 1. The van der Waals surface area contributed by atoms with Crippen LogP contribution in [0.2, 0.25) is 0 Å². The highest BCUT2D eigenvalue weighted by Gasteiger charge is 2.31. The van der Waals surface area contributed by atoms with Gasteiger partial charge in [-0.1, -0.05) is 0 Å². The van der Waals surface area contributed by atoms with Crippen LogP contribution in [-0.4, -0.2) is 60.7 Å². The second-order valence-electron chi connectivity index (χ2n) is 7.22. The average molecular weight is 439 g/mol. The maximum absolute atomic E-state index is 12.9. The summed E-state index contributed by atoms with van der Waals surface area (Å²) >= 11 is 0. The second kappa shape index (κ2) is 9.42. The van der Waals surface area contributed by atoms with Gasteiger partial charge in [0, 0.05) is 50.6 Å². The maximum atomic E-state index is 12.9. The molecule has 0 saturated carbocycles. The van der Waals surface area contributed by atoms with Crippen LogP contribution in [0, 0.1) is 0 Å². The number of amides is 1. The normalized spacial score (nSPS) is 15.1. The molecule has 7 nitrogen and oxygen atoms in total. The van der Waals surface area contributed by atoms with Gasteiger partial charge in [-0.3, -0.25) is 14.5 Å². The topological polar surface area (TPSA) is 64.0 Å². The van der Waals surface area contributed by atoms with Crippen molar-refractivity contribution in [3.05, 3.63) is 58.0 Å². The van der Waals surface area contributed by atoms with Crippen molar-refractivity contribution in [1.82, 2.24) is 14.4 Å². The highest BCUT2D eigenvalue weighted by Crippen LogP contribution is 2.28. The third-order valence-corrected chi connectivity index (χ3v) is 5.22. The zero-order valence-corrected chi connectivity index (χ0v) is 17.3. The highest BCUT2D eigenvalue weighted by molar-refractivity contribution is 5.76. The van der Waals surface area contributed by atoms with Gasteiger partial charge in [-0.15, -0.1) is 0 Å². The largest absolute Gasteiger partial charge is 0.497 e. The van der Waals surface area contributed by atoms with Gasteiger partial charge < -0.3 is 18.9 Å². The Labute approximate surface area is 177 Å². The van der Waals surface area contributed by atoms with Crippen LogP contribution in [-0.2, 0) is 24.1 Å². The summed E-state index contributed by atoms with van der Waals surface area (Å²) in [4.78, 5) is 28.2. The first-order valence-electron chi connectivity index (χ1n) is 9.70. The van der Waals surface area contributed by atoms with Crippen molar-refractivity contribution in [3.8, 4) is 11.5 Å². The molecular formula is C21H24F3N3O4. The Morgan fingerprint density at radius 2 is 1.74 bits per heavy atom. The van der Waals surface area contributed by atoms with E-state index in [9.17, 15) is 22.8 Å². The summed E-state index contributed by atoms with van der Waals surface area (Å²) < 4.78 is 50.1. The standard InChI is InChI=1S/C21H24F3N3O4/c1-30-17-4-5-18(31-2)15(11-17)12-25-7-9-26(10-8-25)20(29)14-27-13-16(21(22,23)24)3-6-19(27)28/h3-6,11,13H,7-10,12,14H2,1-2H3. The van der Waals surface area contributed by atoms with Gasteiger partial charge in [0.25, 0.3) is 5.56 Å². The van der Waals surface area contributed by atoms with Gasteiger partial charge in [-0.25, -0.2) is 0 Å². The molecule has 10 heteroatoms. The van der Waals surface area contributed by atoms with E-state index in [-0.39, 0.29) is 5.91 Å². The van der Waals surface area contributed by atoms with E-state index < -0.39 is 23.8 Å². The van der Waals surface area contributed by atoms with Gasteiger partial charge in [0.15, 0.2) is 0 Å². The van der Waals surface area contributed by atoms with Crippen molar-refractivity contribution in [3.63, 3.8) is 0 Å². The van der Waals surface area contributed by atoms with Crippen LogP contribution < -0.4 is 15.0 Å². The Hall–Kier alpha value is -3.01. The first-order valence-corrected chi connectivity index (χ1v) is 9.70. The minimum absolute atomic E-state index is 0.389. The van der Waals surface area contributed by atoms with Crippen LogP contribution in [0.4, 0.5) is 13.2 Å². The van der Waals surface area contributed by atoms with Crippen LogP contribution in [0.15, 0.2) is 41.3 Å². The summed E-state index contributed by atoms with van der Waals surface area (Å²) in [6, 6.07) is 7.09. The molecule has 1 aromatic heterocycles. The predicted molar refractivity (Wildman–Crippen MR) is 107 cm³/mol. The summed E-state index contributed by atoms with van der Waals surface area (Å²) in [7, 11) is 3.18. The van der Waals surface area contributed by atoms with E-state index in [1.165, 1.54) is 0 Å². The highest BCUT2D eigenvalue weighted by atomic mass is 19.4. The number of aromatic nitrogens is 1. The molecule has 0 bridgehead atoms. The van der Waals surface area contributed by atoms with Crippen LogP contribution in [0.3, 0.4) is 0 Å². The third-order valence-electron chi connectivity index (χ3n) is 5.22. The monoisotopic (exact) mass is 439 g/mol. The smallest absolute Gasteiger partial charge is 0.417 e. The summed E-state index contributed by atoms with van der Waals surface area (Å²) in [5.74, 6) is 1.07. The molecule has 2 aromatic rings. The molecule has 0 atom stereocenters. The Bertz CT molecular complexity index is 983. The van der Waals surface area contributed by atoms with Crippen molar-refractivity contribution in [2.45, 2.75) is 19.3 Å². The molecule has 0 unspecified atom stereocenters. The molecule has 1 aliphatic rings. The van der Waals surface area contributed by atoms with Gasteiger partial charge in [0.2, 0.25) is 5.91 Å². The van der Waals surface area contributed by atoms with E-state index >= 15 is 0 Å². The fraction of sp³-hybridized carbons (Fsp3) is 0.429. The fourth-order valence-corrected chi connectivity index (χ4v) is 3.47. The quantitative estimate of drug-likeness (QED) is 0.691. The number of nitrogens with zero attached hydrogens (tertiary/aromatic N) is 3. The molecule has 1 aromatic carbocycles. The molecule has 1 amide bonds. The van der Waals surface area contributed by atoms with E-state index in [0.29, 0.717) is 38.9 Å². The molecule has 0 N–H and O–H groups in total. The van der Waals surface area contributed by atoms with Crippen molar-refractivity contribution in [1.29, 1.82) is 0 Å². The summed E-state index contributed by atoms with van der Waals surface area (Å²) in [6.07, 6.45) is -3.89. The molecular weight excluding hydrogens is 415 g/mol. The van der Waals surface area contributed by atoms with Crippen molar-refractivity contribution < 1.29 is 27.4 Å². The van der Waals surface area contributed by atoms with E-state index in [2.05, 4.69) is 4.90 Å². The van der Waals surface area contributed by atoms with E-state index in [0.717, 1.165) is 33.8 Å². The Morgan fingerprint density at radius 3 is 2.35 bits per heavy atom. The third kappa shape index (κ3) is 5.57.